The number of carbonyl (C=O) groups excluding carboxylic acids is 1. The van der Waals surface area contributed by atoms with Gasteiger partial charge < -0.3 is 10.4 Å². The number of carbonyl (C=O) groups is 2. The van der Waals surface area contributed by atoms with Crippen LogP contribution < -0.4 is 5.32 Å². The van der Waals surface area contributed by atoms with E-state index in [-0.39, 0.29) is 24.2 Å². The van der Waals surface area contributed by atoms with E-state index in [1.165, 1.54) is 30.0 Å². The van der Waals surface area contributed by atoms with Crippen molar-refractivity contribution in [1.29, 1.82) is 0 Å². The van der Waals surface area contributed by atoms with Gasteiger partial charge in [-0.25, -0.2) is 4.39 Å². The zero-order valence-corrected chi connectivity index (χ0v) is 13.2. The van der Waals surface area contributed by atoms with E-state index in [1.807, 2.05) is 13.8 Å². The molecule has 1 aromatic rings. The Morgan fingerprint density at radius 1 is 1.38 bits per heavy atom. The third-order valence-corrected chi connectivity index (χ3v) is 3.78. The smallest absolute Gasteiger partial charge is 0.308 e. The number of rotatable bonds is 7. The van der Waals surface area contributed by atoms with E-state index in [2.05, 4.69) is 5.32 Å². The van der Waals surface area contributed by atoms with Crippen molar-refractivity contribution in [3.63, 3.8) is 0 Å². The van der Waals surface area contributed by atoms with E-state index in [0.29, 0.717) is 16.9 Å². The number of hydrogen-bond acceptors (Lipinski definition) is 3. The molecule has 1 unspecified atom stereocenters. The summed E-state index contributed by atoms with van der Waals surface area (Å²) in [5, 5.41) is 11.7. The van der Waals surface area contributed by atoms with Gasteiger partial charge in [0.05, 0.1) is 5.92 Å². The van der Waals surface area contributed by atoms with Gasteiger partial charge in [-0.2, -0.15) is 0 Å². The molecule has 4 nitrogen and oxygen atoms in total. The average molecular weight is 313 g/mol. The molecule has 0 saturated carbocycles. The molecule has 0 spiro atoms. The van der Waals surface area contributed by atoms with E-state index in [9.17, 15) is 14.0 Å². The fourth-order valence-electron chi connectivity index (χ4n) is 1.96. The summed E-state index contributed by atoms with van der Waals surface area (Å²) in [4.78, 5) is 23.5. The topological polar surface area (TPSA) is 66.4 Å². The number of aliphatic carboxylic acids is 1. The molecule has 1 rings (SSSR count). The highest BCUT2D eigenvalue weighted by molar-refractivity contribution is 7.98. The van der Waals surface area contributed by atoms with Gasteiger partial charge in [-0.3, -0.25) is 9.59 Å². The quantitative estimate of drug-likeness (QED) is 0.759. The highest BCUT2D eigenvalue weighted by atomic mass is 32.2. The van der Waals surface area contributed by atoms with Gasteiger partial charge in [0.25, 0.3) is 5.91 Å². The molecule has 0 radical (unpaired) electrons. The van der Waals surface area contributed by atoms with Crippen LogP contribution in [0.5, 0.6) is 0 Å². The van der Waals surface area contributed by atoms with Crippen LogP contribution in [0.4, 0.5) is 4.39 Å². The number of benzene rings is 1. The van der Waals surface area contributed by atoms with Crippen LogP contribution in [0.2, 0.25) is 0 Å². The normalized spacial score (nSPS) is 12.2. The van der Waals surface area contributed by atoms with Crippen molar-refractivity contribution in [3.05, 3.63) is 29.6 Å². The van der Waals surface area contributed by atoms with Gasteiger partial charge in [0.2, 0.25) is 0 Å². The number of hydrogen-bond donors (Lipinski definition) is 2. The maximum atomic E-state index is 13.4. The van der Waals surface area contributed by atoms with Crippen molar-refractivity contribution >= 4 is 23.6 Å². The Kier molecular flexibility index (Phi) is 6.68. The average Bonchev–Trinajstić information content (AvgIpc) is 2.42. The first-order valence-electron chi connectivity index (χ1n) is 6.69. The predicted octanol–water partition coefficient (Wildman–Crippen LogP) is 3.02. The Bertz CT molecular complexity index is 520. The first kappa shape index (κ1) is 17.5. The van der Waals surface area contributed by atoms with E-state index in [4.69, 9.17) is 5.11 Å². The monoisotopic (exact) mass is 313 g/mol. The van der Waals surface area contributed by atoms with Crippen molar-refractivity contribution in [2.75, 3.05) is 12.8 Å². The van der Waals surface area contributed by atoms with Crippen molar-refractivity contribution in [1.82, 2.24) is 5.32 Å². The minimum Gasteiger partial charge on any atom is -0.481 e. The lowest BCUT2D eigenvalue weighted by atomic mass is 9.97. The van der Waals surface area contributed by atoms with Crippen molar-refractivity contribution in [2.24, 2.45) is 11.8 Å². The molecular formula is C15H20FNO3S. The van der Waals surface area contributed by atoms with E-state index in [0.717, 1.165) is 0 Å². The molecule has 1 aromatic carbocycles. The van der Waals surface area contributed by atoms with E-state index < -0.39 is 11.9 Å². The first-order valence-corrected chi connectivity index (χ1v) is 7.92. The molecule has 0 heterocycles. The van der Waals surface area contributed by atoms with Gasteiger partial charge in [0.15, 0.2) is 0 Å². The largest absolute Gasteiger partial charge is 0.481 e. The third-order valence-electron chi connectivity index (χ3n) is 3.03. The second-order valence-electron chi connectivity index (χ2n) is 5.22. The molecule has 0 aliphatic rings. The molecule has 116 valence electrons. The van der Waals surface area contributed by atoms with Gasteiger partial charge in [-0.15, -0.1) is 11.8 Å². The molecule has 0 aromatic heterocycles. The number of amides is 1. The van der Waals surface area contributed by atoms with Crippen molar-refractivity contribution in [3.8, 4) is 0 Å². The Labute approximate surface area is 128 Å². The minimum absolute atomic E-state index is 0.0678. The predicted molar refractivity (Wildman–Crippen MR) is 81.1 cm³/mol. The van der Waals surface area contributed by atoms with Crippen molar-refractivity contribution in [2.45, 2.75) is 25.2 Å². The molecule has 6 heteroatoms. The second kappa shape index (κ2) is 8.02. The number of thioether (sulfide) groups is 1. The van der Waals surface area contributed by atoms with Gasteiger partial charge in [-0.05, 0) is 36.8 Å². The Morgan fingerprint density at radius 2 is 2.05 bits per heavy atom. The molecule has 1 atom stereocenters. The van der Waals surface area contributed by atoms with E-state index >= 15 is 0 Å². The fraction of sp³-hybridized carbons (Fsp3) is 0.467. The number of halogens is 1. The highest BCUT2D eigenvalue weighted by Crippen LogP contribution is 2.20. The van der Waals surface area contributed by atoms with Gasteiger partial charge in [-0.1, -0.05) is 13.8 Å². The van der Waals surface area contributed by atoms with Gasteiger partial charge in [0.1, 0.15) is 5.82 Å². The zero-order chi connectivity index (χ0) is 16.0. The van der Waals surface area contributed by atoms with Gasteiger partial charge >= 0.3 is 5.97 Å². The molecule has 1 amide bonds. The fourth-order valence-corrected chi connectivity index (χ4v) is 2.47. The van der Waals surface area contributed by atoms with Crippen LogP contribution in [-0.4, -0.2) is 29.8 Å². The second-order valence-corrected chi connectivity index (χ2v) is 6.07. The SMILES string of the molecule is CSc1cc(C(=O)NCC(CC(C)C)C(=O)O)ccc1F. The maximum absolute atomic E-state index is 13.4. The molecule has 0 fully saturated rings. The van der Waals surface area contributed by atoms with Crippen LogP contribution in [0.3, 0.4) is 0 Å². The summed E-state index contributed by atoms with van der Waals surface area (Å²) < 4.78 is 13.4. The van der Waals surface area contributed by atoms with Crippen LogP contribution >= 0.6 is 11.8 Å². The molecule has 0 saturated heterocycles. The van der Waals surface area contributed by atoms with Crippen molar-refractivity contribution < 1.29 is 19.1 Å². The molecular weight excluding hydrogens is 293 g/mol. The van der Waals surface area contributed by atoms with Crippen LogP contribution in [0, 0.1) is 17.7 Å². The Hall–Kier alpha value is -1.56. The highest BCUT2D eigenvalue weighted by Gasteiger charge is 2.20. The molecule has 21 heavy (non-hydrogen) atoms. The minimum atomic E-state index is -0.923. The standard InChI is InChI=1S/C15H20FNO3S/c1-9(2)6-11(15(19)20)8-17-14(18)10-4-5-12(16)13(7-10)21-3/h4-5,7,9,11H,6,8H2,1-3H3,(H,17,18)(H,19,20). The number of carboxylic acid groups (broad SMARTS) is 1. The summed E-state index contributed by atoms with van der Waals surface area (Å²) in [7, 11) is 0. The molecule has 0 aliphatic heterocycles. The van der Waals surface area contributed by atoms with E-state index in [1.54, 1.807) is 6.26 Å². The van der Waals surface area contributed by atoms with Crippen LogP contribution in [0.1, 0.15) is 30.6 Å². The molecule has 0 aliphatic carbocycles. The number of carboxylic acids is 1. The lowest BCUT2D eigenvalue weighted by Crippen LogP contribution is -2.33. The lowest BCUT2D eigenvalue weighted by molar-refractivity contribution is -0.142. The van der Waals surface area contributed by atoms with Crippen LogP contribution in [0.15, 0.2) is 23.1 Å². The van der Waals surface area contributed by atoms with Crippen LogP contribution in [-0.2, 0) is 4.79 Å². The summed E-state index contributed by atoms with van der Waals surface area (Å²) in [6.07, 6.45) is 2.22. The summed E-state index contributed by atoms with van der Waals surface area (Å²) in [6.45, 7) is 3.93. The molecule has 0 bridgehead atoms. The van der Waals surface area contributed by atoms with Crippen LogP contribution in [0.25, 0.3) is 0 Å². The Morgan fingerprint density at radius 3 is 2.57 bits per heavy atom. The maximum Gasteiger partial charge on any atom is 0.308 e. The zero-order valence-electron chi connectivity index (χ0n) is 12.4. The number of nitrogens with one attached hydrogen (secondary N) is 1. The summed E-state index contributed by atoms with van der Waals surface area (Å²) in [6, 6.07) is 4.10. The first-order chi connectivity index (χ1) is 9.85. The summed E-state index contributed by atoms with van der Waals surface area (Å²) in [5.74, 6) is -2.07. The molecule has 2 N–H and O–H groups in total. The summed E-state index contributed by atoms with van der Waals surface area (Å²) in [5.41, 5.74) is 0.328. The van der Waals surface area contributed by atoms with Gasteiger partial charge in [0, 0.05) is 17.0 Å². The summed E-state index contributed by atoms with van der Waals surface area (Å²) >= 11 is 1.22. The lowest BCUT2D eigenvalue weighted by Gasteiger charge is -2.15. The Balaban J connectivity index is 2.70. The third kappa shape index (κ3) is 5.38.